The number of imidazole rings is 1. The fourth-order valence-corrected chi connectivity index (χ4v) is 13.6. The van der Waals surface area contributed by atoms with E-state index in [1.165, 1.54) is 61.0 Å². The van der Waals surface area contributed by atoms with Crippen LogP contribution in [0.2, 0.25) is 0 Å². The van der Waals surface area contributed by atoms with Crippen LogP contribution in [0, 0.1) is 6.33 Å². The smallest absolute Gasteiger partial charge is 0.269 e. The third-order valence-corrected chi connectivity index (χ3v) is 18.7. The van der Waals surface area contributed by atoms with Crippen LogP contribution < -0.4 is 9.30 Å². The third-order valence-electron chi connectivity index (χ3n) is 18.7. The summed E-state index contributed by atoms with van der Waals surface area (Å²) in [4.78, 5) is 4.97. The summed E-state index contributed by atoms with van der Waals surface area (Å²) < 4.78 is 14.0. The molecule has 4 heterocycles. The number of nitrogens with zero attached hydrogens (tertiary/aromatic N) is 4. The SMILES string of the molecule is CC(C)(C)c1ccc(-c2cc3c4c(c2)n(-c2cccc(Oc5ccc6c7ccccc7n(-c7cc(C(C)(C)C)ccn7)c6c5)c2)[c-][n+]4-c2c(-c4ccc(C(C)(C)C)cc4)cccc2-c2cc4c(cc2-c2ccccc2-3)C(C)(C)CCC4(C)C)cc1. The van der Waals surface area contributed by atoms with E-state index in [1.54, 1.807) is 0 Å². The van der Waals surface area contributed by atoms with E-state index in [4.69, 9.17) is 9.72 Å². The molecule has 0 radical (unpaired) electrons. The average Bonchev–Trinajstić information content (AvgIpc) is 3.07. The molecule has 0 saturated heterocycles. The van der Waals surface area contributed by atoms with E-state index < -0.39 is 0 Å². The maximum Gasteiger partial charge on any atom is 0.269 e. The molecule has 0 N–H and O–H groups in total. The molecule has 0 fully saturated rings. The second kappa shape index (κ2) is 19.4. The van der Waals surface area contributed by atoms with Gasteiger partial charge in [0.15, 0.2) is 0 Å². The molecule has 5 nitrogen and oxygen atoms in total. The molecule has 1 aliphatic carbocycles. The molecule has 14 rings (SSSR count). The Bertz CT molecular complexity index is 4660. The van der Waals surface area contributed by atoms with E-state index in [-0.39, 0.29) is 27.1 Å². The van der Waals surface area contributed by atoms with E-state index in [0.29, 0.717) is 0 Å². The molecule has 0 unspecified atom stereocenters. The summed E-state index contributed by atoms with van der Waals surface area (Å²) in [6, 6.07) is 72.6. The number of benzene rings is 9. The minimum Gasteiger partial charge on any atom is -0.458 e. The first kappa shape index (κ1) is 54.2. The van der Waals surface area contributed by atoms with Crippen molar-refractivity contribution < 1.29 is 9.30 Å². The Hall–Kier alpha value is -8.80. The minimum atomic E-state index is -0.0393. The van der Waals surface area contributed by atoms with Crippen molar-refractivity contribution in [3.8, 4) is 84.3 Å². The lowest BCUT2D eigenvalue weighted by Crippen LogP contribution is -2.34. The highest BCUT2D eigenvalue weighted by atomic mass is 16.5. The van der Waals surface area contributed by atoms with Crippen LogP contribution in [-0.4, -0.2) is 14.1 Å². The second-order valence-electron chi connectivity index (χ2n) is 28.6. The number of aromatic nitrogens is 4. The van der Waals surface area contributed by atoms with Gasteiger partial charge in [-0.15, -0.1) is 0 Å². The van der Waals surface area contributed by atoms with Crippen molar-refractivity contribution >= 4 is 32.8 Å². The van der Waals surface area contributed by atoms with Gasteiger partial charge in [-0.25, -0.2) is 4.98 Å². The Labute approximate surface area is 502 Å². The Balaban J connectivity index is 1.03. The van der Waals surface area contributed by atoms with E-state index in [9.17, 15) is 0 Å². The fraction of sp³-hybridized carbons (Fsp3) is 0.250. The summed E-state index contributed by atoms with van der Waals surface area (Å²) in [5.74, 6) is 2.34. The van der Waals surface area contributed by atoms with Crippen LogP contribution in [0.4, 0.5) is 0 Å². The Morgan fingerprint density at radius 2 is 1.00 bits per heavy atom. The van der Waals surface area contributed by atoms with Crippen LogP contribution in [0.3, 0.4) is 0 Å². The van der Waals surface area contributed by atoms with Crippen LogP contribution in [-0.2, 0) is 27.1 Å². The molecule has 85 heavy (non-hydrogen) atoms. The maximum atomic E-state index is 7.04. The number of ether oxygens (including phenoxy) is 1. The standard InChI is InChI=1S/C80H76N4O/c1-76(2,3)53-32-28-50(29-33-53)52-42-67-61-23-15-14-22-60(61)65-47-68-69(80(12,13)40-39-79(68,10)11)48-66(65)64-26-19-25-59(51-30-34-54(35-31-51)77(4,5)6)74(64)83-49-82(72(43-52)75(67)83)56-20-18-21-57(45-56)85-58-36-37-63-62-24-16-17-27-70(62)84(71(63)46-58)73-44-55(38-41-81-73)78(7,8)9/h14-38,41-48H,39-40H2,1-13H3. The van der Waals surface area contributed by atoms with E-state index in [2.05, 4.69) is 304 Å². The van der Waals surface area contributed by atoms with Crippen LogP contribution >= 0.6 is 0 Å². The fourth-order valence-electron chi connectivity index (χ4n) is 13.6. The van der Waals surface area contributed by atoms with Crippen molar-refractivity contribution in [1.29, 1.82) is 0 Å². The van der Waals surface area contributed by atoms with Crippen molar-refractivity contribution in [2.45, 2.75) is 130 Å². The molecule has 0 bridgehead atoms. The van der Waals surface area contributed by atoms with E-state index in [0.717, 1.165) is 96.8 Å². The van der Waals surface area contributed by atoms with Crippen molar-refractivity contribution in [2.75, 3.05) is 0 Å². The highest BCUT2D eigenvalue weighted by Gasteiger charge is 2.39. The largest absolute Gasteiger partial charge is 0.458 e. The van der Waals surface area contributed by atoms with E-state index in [1.807, 2.05) is 6.20 Å². The number of hydrogen-bond acceptors (Lipinski definition) is 2. The Morgan fingerprint density at radius 1 is 0.435 bits per heavy atom. The normalized spacial score (nSPS) is 14.5. The molecule has 0 spiro atoms. The maximum absolute atomic E-state index is 7.04. The first-order valence-corrected chi connectivity index (χ1v) is 30.5. The van der Waals surface area contributed by atoms with Gasteiger partial charge in [-0.2, -0.15) is 0 Å². The molecule has 9 aromatic carbocycles. The number of para-hydroxylation sites is 2. The Morgan fingerprint density at radius 3 is 1.67 bits per heavy atom. The summed E-state index contributed by atoms with van der Waals surface area (Å²) in [6.45, 7) is 30.3. The summed E-state index contributed by atoms with van der Waals surface area (Å²) in [5, 5.41) is 2.32. The van der Waals surface area contributed by atoms with Crippen molar-refractivity contribution in [2.24, 2.45) is 0 Å². The lowest BCUT2D eigenvalue weighted by atomic mass is 9.62. The molecule has 1 aliphatic heterocycles. The predicted molar refractivity (Wildman–Crippen MR) is 354 cm³/mol. The van der Waals surface area contributed by atoms with Gasteiger partial charge in [0, 0.05) is 23.0 Å². The van der Waals surface area contributed by atoms with Gasteiger partial charge >= 0.3 is 0 Å². The predicted octanol–water partition coefficient (Wildman–Crippen LogP) is 20.9. The van der Waals surface area contributed by atoms with Crippen LogP contribution in [0.5, 0.6) is 11.5 Å². The third kappa shape index (κ3) is 9.21. The lowest BCUT2D eigenvalue weighted by Gasteiger charge is -2.42. The summed E-state index contributed by atoms with van der Waals surface area (Å²) >= 11 is 0. The Kier molecular flexibility index (Phi) is 12.3. The first-order chi connectivity index (χ1) is 40.5. The quantitative estimate of drug-likeness (QED) is 0.123. The average molecular weight is 1110 g/mol. The molecular formula is C80H76N4O. The van der Waals surface area contributed by atoms with E-state index >= 15 is 0 Å². The van der Waals surface area contributed by atoms with Gasteiger partial charge in [0.25, 0.3) is 6.33 Å². The van der Waals surface area contributed by atoms with Crippen molar-refractivity contribution in [3.63, 3.8) is 0 Å². The molecule has 0 saturated carbocycles. The molecule has 0 amide bonds. The van der Waals surface area contributed by atoms with Gasteiger partial charge in [-0.3, -0.25) is 13.7 Å². The first-order valence-electron chi connectivity index (χ1n) is 30.5. The summed E-state index contributed by atoms with van der Waals surface area (Å²) in [7, 11) is 0. The van der Waals surface area contributed by atoms with Gasteiger partial charge in [-0.05, 0) is 184 Å². The van der Waals surface area contributed by atoms with Crippen molar-refractivity contribution in [1.82, 2.24) is 14.1 Å². The zero-order valence-electron chi connectivity index (χ0n) is 51.7. The molecule has 2 aliphatic rings. The molecule has 3 aromatic heterocycles. The number of fused-ring (bicyclic) bond motifs is 11. The van der Waals surface area contributed by atoms with Gasteiger partial charge < -0.3 is 4.74 Å². The second-order valence-corrected chi connectivity index (χ2v) is 28.6. The lowest BCUT2D eigenvalue weighted by molar-refractivity contribution is -0.570. The monoisotopic (exact) mass is 1110 g/mol. The van der Waals surface area contributed by atoms with Gasteiger partial charge in [0.2, 0.25) is 0 Å². The number of pyridine rings is 1. The van der Waals surface area contributed by atoms with Gasteiger partial charge in [-0.1, -0.05) is 217 Å². The van der Waals surface area contributed by atoms with Crippen LogP contribution in [0.1, 0.15) is 131 Å². The zero-order chi connectivity index (χ0) is 59.1. The molecule has 12 aromatic rings. The highest BCUT2D eigenvalue weighted by molar-refractivity contribution is 6.10. The highest BCUT2D eigenvalue weighted by Crippen LogP contribution is 2.53. The van der Waals surface area contributed by atoms with Crippen LogP contribution in [0.15, 0.2) is 200 Å². The topological polar surface area (TPSA) is 35.9 Å². The van der Waals surface area contributed by atoms with Gasteiger partial charge in [0.1, 0.15) is 17.3 Å². The van der Waals surface area contributed by atoms with Crippen molar-refractivity contribution in [3.05, 3.63) is 234 Å². The van der Waals surface area contributed by atoms with Gasteiger partial charge in [0.05, 0.1) is 33.4 Å². The molecule has 0 atom stereocenters. The molecular weight excluding hydrogens is 1030 g/mol. The molecule has 5 heteroatoms. The summed E-state index contributed by atoms with van der Waals surface area (Å²) in [5.41, 5.74) is 24.8. The zero-order valence-corrected chi connectivity index (χ0v) is 51.7. The number of rotatable bonds is 6. The number of hydrogen-bond donors (Lipinski definition) is 0. The van der Waals surface area contributed by atoms with Crippen LogP contribution in [0.25, 0.3) is 106 Å². The summed E-state index contributed by atoms with van der Waals surface area (Å²) in [6.07, 6.45) is 8.33. The minimum absolute atomic E-state index is 0.00306. The molecule has 422 valence electrons.